The van der Waals surface area contributed by atoms with Gasteiger partial charge in [-0.15, -0.1) is 0 Å². The Hall–Kier alpha value is -2.01. The van der Waals surface area contributed by atoms with Gasteiger partial charge >= 0.3 is 0 Å². The van der Waals surface area contributed by atoms with Crippen molar-refractivity contribution in [3.63, 3.8) is 0 Å². The van der Waals surface area contributed by atoms with E-state index < -0.39 is 0 Å². The summed E-state index contributed by atoms with van der Waals surface area (Å²) in [7, 11) is 0. The molecule has 0 aliphatic rings. The number of nitrogens with zero attached hydrogens (tertiary/aromatic N) is 1. The van der Waals surface area contributed by atoms with Crippen LogP contribution in [-0.4, -0.2) is 25.6 Å². The molecule has 28 heavy (non-hydrogen) atoms. The van der Waals surface area contributed by atoms with E-state index in [1.165, 1.54) is 11.3 Å². The van der Waals surface area contributed by atoms with Gasteiger partial charge in [0, 0.05) is 30.9 Å². The number of anilines is 2. The van der Waals surface area contributed by atoms with Crippen molar-refractivity contribution < 1.29 is 9.53 Å². The largest absolute Gasteiger partial charge is 0.492 e. The summed E-state index contributed by atoms with van der Waals surface area (Å²) in [6.45, 7) is 11.1. The van der Waals surface area contributed by atoms with Crippen molar-refractivity contribution in [2.75, 3.05) is 29.9 Å². The van der Waals surface area contributed by atoms with Crippen LogP contribution >= 0.6 is 15.9 Å². The minimum Gasteiger partial charge on any atom is -0.492 e. The van der Waals surface area contributed by atoms with Crippen molar-refractivity contribution >= 4 is 33.2 Å². The van der Waals surface area contributed by atoms with Gasteiger partial charge in [-0.2, -0.15) is 0 Å². The van der Waals surface area contributed by atoms with Crippen molar-refractivity contribution in [3.8, 4) is 5.75 Å². The monoisotopic (exact) mass is 446 g/mol. The van der Waals surface area contributed by atoms with Crippen molar-refractivity contribution in [3.05, 3.63) is 52.5 Å². The zero-order valence-electron chi connectivity index (χ0n) is 17.3. The Morgan fingerprint density at radius 2 is 1.79 bits per heavy atom. The molecule has 0 aromatic heterocycles. The first-order chi connectivity index (χ1) is 13.4. The number of ether oxygens (including phenoxy) is 1. The maximum absolute atomic E-state index is 12.2. The van der Waals surface area contributed by atoms with E-state index in [2.05, 4.69) is 66.0 Å². The third-order valence-electron chi connectivity index (χ3n) is 4.71. The minimum absolute atomic E-state index is 0.00779. The second-order valence-corrected chi connectivity index (χ2v) is 7.92. The van der Waals surface area contributed by atoms with Crippen LogP contribution < -0.4 is 15.0 Å². The van der Waals surface area contributed by atoms with Crippen LogP contribution in [0.1, 0.15) is 52.0 Å². The zero-order valence-corrected chi connectivity index (χ0v) is 18.9. The summed E-state index contributed by atoms with van der Waals surface area (Å²) in [6, 6.07) is 14.2. The molecule has 0 heterocycles. The van der Waals surface area contributed by atoms with Crippen molar-refractivity contribution in [2.24, 2.45) is 0 Å². The Balaban J connectivity index is 1.76. The molecule has 0 spiro atoms. The van der Waals surface area contributed by atoms with Crippen LogP contribution in [0.25, 0.3) is 0 Å². The number of carbonyl (C=O) groups is 1. The maximum atomic E-state index is 12.2. The van der Waals surface area contributed by atoms with E-state index in [4.69, 9.17) is 4.74 Å². The average Bonchev–Trinajstić information content (AvgIpc) is 2.68. The van der Waals surface area contributed by atoms with Crippen molar-refractivity contribution in [2.45, 2.75) is 46.5 Å². The maximum Gasteiger partial charge on any atom is 0.224 e. The van der Waals surface area contributed by atoms with Crippen LogP contribution in [0.4, 0.5) is 11.4 Å². The highest BCUT2D eigenvalue weighted by Crippen LogP contribution is 2.29. The molecule has 4 nitrogen and oxygen atoms in total. The van der Waals surface area contributed by atoms with E-state index >= 15 is 0 Å². The van der Waals surface area contributed by atoms with Gasteiger partial charge in [0.1, 0.15) is 5.75 Å². The van der Waals surface area contributed by atoms with Gasteiger partial charge in [0.25, 0.3) is 0 Å². The van der Waals surface area contributed by atoms with Crippen molar-refractivity contribution in [1.82, 2.24) is 0 Å². The van der Waals surface area contributed by atoms with Gasteiger partial charge in [-0.3, -0.25) is 4.79 Å². The summed E-state index contributed by atoms with van der Waals surface area (Å²) in [5, 5.41) is 2.95. The number of hydrogen-bond acceptors (Lipinski definition) is 3. The lowest BCUT2D eigenvalue weighted by atomic mass is 10.0. The van der Waals surface area contributed by atoms with E-state index in [0.717, 1.165) is 29.0 Å². The average molecular weight is 447 g/mol. The number of benzene rings is 2. The van der Waals surface area contributed by atoms with E-state index in [9.17, 15) is 4.79 Å². The Bertz CT molecular complexity index is 756. The number of carbonyl (C=O) groups excluding carboxylic acids is 1. The molecule has 0 saturated carbocycles. The summed E-state index contributed by atoms with van der Waals surface area (Å²) in [4.78, 5) is 14.4. The third kappa shape index (κ3) is 6.55. The highest BCUT2D eigenvalue weighted by atomic mass is 79.9. The predicted octanol–water partition coefficient (Wildman–Crippen LogP) is 6.22. The van der Waals surface area contributed by atoms with Crippen LogP contribution in [0.3, 0.4) is 0 Å². The molecule has 5 heteroatoms. The fourth-order valence-electron chi connectivity index (χ4n) is 2.98. The molecule has 0 radical (unpaired) electrons. The second-order valence-electron chi connectivity index (χ2n) is 7.06. The fourth-order valence-corrected chi connectivity index (χ4v) is 3.49. The molecule has 2 aromatic rings. The SMILES string of the molecule is CCN(CC)c1ccc(NC(=O)CCCOc2ccc(C(C)C)cc2Br)cc1. The molecule has 0 unspecified atom stereocenters. The minimum atomic E-state index is 0.00779. The third-order valence-corrected chi connectivity index (χ3v) is 5.33. The van der Waals surface area contributed by atoms with Crippen LogP contribution in [0.15, 0.2) is 46.9 Å². The zero-order chi connectivity index (χ0) is 20.5. The number of nitrogens with one attached hydrogen (secondary N) is 1. The Kier molecular flexibility index (Phi) is 8.84. The molecule has 1 amide bonds. The molecule has 0 atom stereocenters. The second kappa shape index (κ2) is 11.1. The molecule has 0 saturated heterocycles. The van der Waals surface area contributed by atoms with Gasteiger partial charge < -0.3 is 15.0 Å². The lowest BCUT2D eigenvalue weighted by molar-refractivity contribution is -0.116. The molecule has 1 N–H and O–H groups in total. The van der Waals surface area contributed by atoms with Crippen LogP contribution in [-0.2, 0) is 4.79 Å². The number of hydrogen-bond donors (Lipinski definition) is 1. The van der Waals surface area contributed by atoms with Gasteiger partial charge in [-0.25, -0.2) is 0 Å². The van der Waals surface area contributed by atoms with Gasteiger partial charge in [0.05, 0.1) is 11.1 Å². The van der Waals surface area contributed by atoms with Gasteiger partial charge in [0.15, 0.2) is 0 Å². The Morgan fingerprint density at radius 1 is 1.11 bits per heavy atom. The van der Waals surface area contributed by atoms with E-state index in [1.807, 2.05) is 30.3 Å². The molecular formula is C23H31BrN2O2. The quantitative estimate of drug-likeness (QED) is 0.440. The van der Waals surface area contributed by atoms with Crippen LogP contribution in [0.2, 0.25) is 0 Å². The summed E-state index contributed by atoms with van der Waals surface area (Å²) in [5.74, 6) is 1.31. The van der Waals surface area contributed by atoms with Crippen LogP contribution in [0.5, 0.6) is 5.75 Å². The summed E-state index contributed by atoms with van der Waals surface area (Å²) >= 11 is 3.56. The lowest BCUT2D eigenvalue weighted by Crippen LogP contribution is -2.21. The lowest BCUT2D eigenvalue weighted by Gasteiger charge is -2.21. The highest BCUT2D eigenvalue weighted by molar-refractivity contribution is 9.10. The van der Waals surface area contributed by atoms with E-state index in [-0.39, 0.29) is 5.91 Å². The summed E-state index contributed by atoms with van der Waals surface area (Å²) in [5.41, 5.74) is 3.27. The molecule has 0 fully saturated rings. The predicted molar refractivity (Wildman–Crippen MR) is 122 cm³/mol. The van der Waals surface area contributed by atoms with Crippen LogP contribution in [0, 0.1) is 0 Å². The van der Waals surface area contributed by atoms with Gasteiger partial charge in [-0.1, -0.05) is 19.9 Å². The number of amides is 1. The van der Waals surface area contributed by atoms with Gasteiger partial charge in [-0.05, 0) is 84.1 Å². The van der Waals surface area contributed by atoms with E-state index in [0.29, 0.717) is 25.4 Å². The molecule has 0 aliphatic heterocycles. The van der Waals surface area contributed by atoms with E-state index in [1.54, 1.807) is 0 Å². The first-order valence-electron chi connectivity index (χ1n) is 10.0. The molecule has 2 rings (SSSR count). The standard InChI is InChI=1S/C23H31BrN2O2/c1-5-26(6-2)20-12-10-19(11-13-20)25-23(27)8-7-15-28-22-14-9-18(17(3)4)16-21(22)24/h9-14,16-17H,5-8,15H2,1-4H3,(H,25,27). The first kappa shape index (κ1) is 22.3. The summed E-state index contributed by atoms with van der Waals surface area (Å²) in [6.07, 6.45) is 1.10. The number of halogens is 1. The van der Waals surface area contributed by atoms with Crippen molar-refractivity contribution in [1.29, 1.82) is 0 Å². The summed E-state index contributed by atoms with van der Waals surface area (Å²) < 4.78 is 6.76. The Morgan fingerprint density at radius 3 is 2.36 bits per heavy atom. The number of rotatable bonds is 10. The van der Waals surface area contributed by atoms with Gasteiger partial charge in [0.2, 0.25) is 5.91 Å². The molecule has 0 bridgehead atoms. The smallest absolute Gasteiger partial charge is 0.224 e. The topological polar surface area (TPSA) is 41.6 Å². The molecule has 2 aromatic carbocycles. The fraction of sp³-hybridized carbons (Fsp3) is 0.435. The normalized spacial score (nSPS) is 10.8. The molecule has 152 valence electrons. The highest BCUT2D eigenvalue weighted by Gasteiger charge is 2.07. The molecular weight excluding hydrogens is 416 g/mol. The Labute approximate surface area is 177 Å². The molecule has 0 aliphatic carbocycles. The first-order valence-corrected chi connectivity index (χ1v) is 10.8.